The van der Waals surface area contributed by atoms with Crippen LogP contribution in [0.4, 0.5) is 0 Å². The number of benzene rings is 17. The molecule has 19 aromatic rings. The Balaban J connectivity index is 0.863. The van der Waals surface area contributed by atoms with Gasteiger partial charge in [0.2, 0.25) is 0 Å². The maximum absolute atomic E-state index is 5.90. The fourth-order valence-corrected chi connectivity index (χ4v) is 37.5. The van der Waals surface area contributed by atoms with Crippen LogP contribution in [0.1, 0.15) is 0 Å². The maximum Gasteiger partial charge on any atom is 0.179 e. The summed E-state index contributed by atoms with van der Waals surface area (Å²) in [6.45, 7) is 0. The van der Waals surface area contributed by atoms with Crippen LogP contribution < -0.4 is 83.0 Å². The van der Waals surface area contributed by atoms with Gasteiger partial charge < -0.3 is 0 Å². The highest BCUT2D eigenvalue weighted by atomic mass is 28.3. The van der Waals surface area contributed by atoms with E-state index in [1.807, 2.05) is 0 Å². The minimum absolute atomic E-state index is 0.482. The normalized spacial score (nSPS) is 11.7. The SMILES string of the molecule is c1ccc([Si](c2ccccc2)(c2ccccc2)c2cccc(-c3cc(-c4cccc([Si](c5ccccc5)(c5ccccc5)c5ccccc5)c4)nc(-c4ccccc4-c4nc(-c5cccc([Si](c6ccccc6)(c6ccccc6)c6ccccc6)c5)nc(-c5cccc([Si](c6ccccc6)(c6ccccc6)c6ccccc6)c5)n4)n3)c2)cc1. The van der Waals surface area contributed by atoms with Crippen LogP contribution >= 0.6 is 0 Å². The highest BCUT2D eigenvalue weighted by Crippen LogP contribution is 2.35. The van der Waals surface area contributed by atoms with Gasteiger partial charge in [-0.05, 0) is 89.1 Å². The molecule has 5 nitrogen and oxygen atoms in total. The second kappa shape index (κ2) is 32.9. The molecule has 0 saturated heterocycles. The van der Waals surface area contributed by atoms with Gasteiger partial charge in [0.15, 0.2) is 55.6 Å². The van der Waals surface area contributed by atoms with Crippen LogP contribution in [0.15, 0.2) is 491 Å². The van der Waals surface area contributed by atoms with Gasteiger partial charge in [0.05, 0.1) is 11.4 Å². The molecule has 19 rings (SSSR count). The van der Waals surface area contributed by atoms with Crippen LogP contribution in [0.5, 0.6) is 0 Å². The first-order valence-electron chi connectivity index (χ1n) is 40.4. The molecular formula is C109H81N5Si4. The molecule has 0 saturated carbocycles. The molecule has 0 unspecified atom stereocenters. The van der Waals surface area contributed by atoms with Crippen LogP contribution in [0, 0.1) is 0 Å². The fourth-order valence-electron chi connectivity index (χ4n) is 18.4. The first-order chi connectivity index (χ1) is 58.5. The third-order valence-corrected chi connectivity index (χ3v) is 42.6. The van der Waals surface area contributed by atoms with Crippen LogP contribution in [-0.2, 0) is 0 Å². The van der Waals surface area contributed by atoms with Crippen molar-refractivity contribution >= 4 is 115 Å². The Morgan fingerprint density at radius 1 is 0.119 bits per heavy atom. The zero-order chi connectivity index (χ0) is 79.0. The van der Waals surface area contributed by atoms with Crippen molar-refractivity contribution in [2.24, 2.45) is 0 Å². The van der Waals surface area contributed by atoms with Gasteiger partial charge in [-0.25, -0.2) is 24.9 Å². The third kappa shape index (κ3) is 13.5. The molecule has 0 radical (unpaired) electrons. The summed E-state index contributed by atoms with van der Waals surface area (Å²) >= 11 is 0. The third-order valence-electron chi connectivity index (χ3n) is 23.5. The van der Waals surface area contributed by atoms with E-state index in [-0.39, 0.29) is 0 Å². The van der Waals surface area contributed by atoms with Gasteiger partial charge in [-0.3, -0.25) is 0 Å². The highest BCUT2D eigenvalue weighted by Gasteiger charge is 2.46. The zero-order valence-corrected chi connectivity index (χ0v) is 69.0. The van der Waals surface area contributed by atoms with E-state index in [1.54, 1.807) is 0 Å². The van der Waals surface area contributed by atoms with Crippen molar-refractivity contribution in [3.05, 3.63) is 491 Å². The zero-order valence-electron chi connectivity index (χ0n) is 65.0. The fraction of sp³-hybridized carbons (Fsp3) is 0. The van der Waals surface area contributed by atoms with Gasteiger partial charge in [0.1, 0.15) is 0 Å². The van der Waals surface area contributed by atoms with E-state index in [4.69, 9.17) is 24.9 Å². The van der Waals surface area contributed by atoms with Gasteiger partial charge in [0, 0.05) is 33.4 Å². The average molecular weight is 1570 g/mol. The number of hydrogen-bond donors (Lipinski definition) is 0. The van der Waals surface area contributed by atoms with Crippen molar-refractivity contribution in [1.29, 1.82) is 0 Å². The molecule has 0 aliphatic carbocycles. The second-order valence-electron chi connectivity index (χ2n) is 30.0. The highest BCUT2D eigenvalue weighted by molar-refractivity contribution is 7.22. The first-order valence-corrected chi connectivity index (χ1v) is 48.4. The number of nitrogens with zero attached hydrogens (tertiary/aromatic N) is 5. The quantitative estimate of drug-likeness (QED) is 0.0500. The van der Waals surface area contributed by atoms with E-state index in [0.29, 0.717) is 23.3 Å². The van der Waals surface area contributed by atoms with Gasteiger partial charge in [-0.2, -0.15) is 0 Å². The molecule has 0 aliphatic rings. The lowest BCUT2D eigenvalue weighted by molar-refractivity contribution is 1.07. The van der Waals surface area contributed by atoms with Gasteiger partial charge in [-0.1, -0.05) is 485 Å². The molecule has 2 heterocycles. The molecule has 9 heteroatoms. The van der Waals surface area contributed by atoms with Gasteiger partial charge in [0.25, 0.3) is 0 Å². The Bertz CT molecular complexity index is 5480. The van der Waals surface area contributed by atoms with Crippen molar-refractivity contribution in [1.82, 2.24) is 24.9 Å². The first kappa shape index (κ1) is 73.8. The summed E-state index contributed by atoms with van der Waals surface area (Å²) in [5, 5.41) is 20.2. The molecule has 558 valence electrons. The molecular weight excluding hydrogens is 1490 g/mol. The van der Waals surface area contributed by atoms with E-state index < -0.39 is 32.3 Å². The van der Waals surface area contributed by atoms with E-state index >= 15 is 0 Å². The predicted molar refractivity (Wildman–Crippen MR) is 502 cm³/mol. The van der Waals surface area contributed by atoms with Crippen molar-refractivity contribution in [3.63, 3.8) is 0 Å². The van der Waals surface area contributed by atoms with Gasteiger partial charge >= 0.3 is 0 Å². The average Bonchev–Trinajstić information content (AvgIpc) is 0.744. The predicted octanol–water partition coefficient (Wildman–Crippen LogP) is 14.2. The van der Waals surface area contributed by atoms with Crippen LogP contribution in [0.3, 0.4) is 0 Å². The monoisotopic (exact) mass is 1570 g/mol. The summed E-state index contributed by atoms with van der Waals surface area (Å²) in [5.41, 5.74) is 6.70. The molecule has 2 aromatic heterocycles. The molecule has 17 aromatic carbocycles. The van der Waals surface area contributed by atoms with E-state index in [9.17, 15) is 0 Å². The van der Waals surface area contributed by atoms with Crippen LogP contribution in [0.25, 0.3) is 68.1 Å². The van der Waals surface area contributed by atoms with Crippen molar-refractivity contribution in [2.75, 3.05) is 0 Å². The summed E-state index contributed by atoms with van der Waals surface area (Å²) in [6, 6.07) is 181. The van der Waals surface area contributed by atoms with Crippen LogP contribution in [0.2, 0.25) is 0 Å². The Morgan fingerprint density at radius 2 is 0.280 bits per heavy atom. The molecule has 0 aliphatic heterocycles. The molecule has 0 spiro atoms. The Kier molecular flexibility index (Phi) is 20.6. The molecule has 0 bridgehead atoms. The Morgan fingerprint density at radius 3 is 0.492 bits per heavy atom. The lowest BCUT2D eigenvalue weighted by Gasteiger charge is -2.34. The topological polar surface area (TPSA) is 64.5 Å². The summed E-state index contributed by atoms with van der Waals surface area (Å²) in [5.74, 6) is 2.07. The second-order valence-corrected chi connectivity index (χ2v) is 45.3. The molecule has 0 amide bonds. The largest absolute Gasteiger partial charge is 0.228 e. The molecule has 0 atom stereocenters. The lowest BCUT2D eigenvalue weighted by Crippen LogP contribution is -2.74. The number of aromatic nitrogens is 5. The standard InChI is InChI=1S/C109H81N5Si4/c1-13-47-86(48-14-1)115(87-49-15-2-16-50-87,88-51-17-3-18-52-88)98-71-39-43-82(77-98)104-81-105(83-44-40-72-99(78-83)116(89-53-19-4-20-54-89,90-55-21-5-22-56-90)91-57-23-6-24-58-91)111-108(110-104)102-75-37-38-76-103(102)109-113-106(84-45-41-73-100(79-84)117(92-59-25-7-26-60-92,93-61-27-8-28-62-93)94-63-29-9-30-64-94)112-107(114-109)85-46-42-74-101(80-85)118(95-65-31-10-32-66-95,96-67-33-11-34-68-96)97-69-35-12-36-70-97/h1-81H. The van der Waals surface area contributed by atoms with E-state index in [0.717, 1.165) is 44.8 Å². The maximum atomic E-state index is 5.90. The minimum atomic E-state index is -3.08. The molecule has 118 heavy (non-hydrogen) atoms. The van der Waals surface area contributed by atoms with Crippen molar-refractivity contribution in [2.45, 2.75) is 0 Å². The smallest absolute Gasteiger partial charge is 0.179 e. The summed E-state index contributed by atoms with van der Waals surface area (Å²) in [4.78, 5) is 29.2. The van der Waals surface area contributed by atoms with Gasteiger partial charge in [-0.15, -0.1) is 0 Å². The van der Waals surface area contributed by atoms with Crippen molar-refractivity contribution in [3.8, 4) is 68.1 Å². The minimum Gasteiger partial charge on any atom is -0.228 e. The lowest BCUT2D eigenvalue weighted by atomic mass is 10.0. The Hall–Kier alpha value is -14.3. The van der Waals surface area contributed by atoms with Crippen LogP contribution in [-0.4, -0.2) is 57.2 Å². The van der Waals surface area contributed by atoms with Crippen molar-refractivity contribution < 1.29 is 0 Å². The number of hydrogen-bond acceptors (Lipinski definition) is 5. The Labute approximate surface area is 694 Å². The van der Waals surface area contributed by atoms with E-state index in [1.165, 1.54) is 83.0 Å². The summed E-state index contributed by atoms with van der Waals surface area (Å²) in [7, 11) is -12.3. The summed E-state index contributed by atoms with van der Waals surface area (Å²) in [6.07, 6.45) is 0. The summed E-state index contributed by atoms with van der Waals surface area (Å²) < 4.78 is 0. The molecule has 0 fully saturated rings. The molecule has 0 N–H and O–H groups in total. The van der Waals surface area contributed by atoms with E-state index in [2.05, 4.69) is 491 Å². The number of rotatable bonds is 22.